The van der Waals surface area contributed by atoms with Crippen molar-refractivity contribution in [3.63, 3.8) is 0 Å². The van der Waals surface area contributed by atoms with Crippen LogP contribution in [0.15, 0.2) is 45.6 Å². The monoisotopic (exact) mass is 379 g/mol. The van der Waals surface area contributed by atoms with Crippen molar-refractivity contribution >= 4 is 40.9 Å². The van der Waals surface area contributed by atoms with E-state index in [1.54, 1.807) is 18.0 Å². The lowest BCUT2D eigenvalue weighted by Gasteiger charge is -2.20. The highest BCUT2D eigenvalue weighted by molar-refractivity contribution is 8.03. The molecule has 3 N–H and O–H groups in total. The summed E-state index contributed by atoms with van der Waals surface area (Å²) in [5.41, 5.74) is 0.997. The quantitative estimate of drug-likeness (QED) is 0.653. The van der Waals surface area contributed by atoms with Gasteiger partial charge in [-0.25, -0.2) is 4.79 Å². The van der Waals surface area contributed by atoms with Crippen molar-refractivity contribution in [2.24, 2.45) is 0 Å². The van der Waals surface area contributed by atoms with Gasteiger partial charge in [0.15, 0.2) is 5.11 Å². The zero-order valence-corrected chi connectivity index (χ0v) is 15.8. The summed E-state index contributed by atoms with van der Waals surface area (Å²) >= 11 is 6.81. The second kappa shape index (κ2) is 9.43. The summed E-state index contributed by atoms with van der Waals surface area (Å²) in [5, 5.41) is 13.8. The molecule has 6 nitrogen and oxygen atoms in total. The number of thiocarbonyl (C=S) groups is 1. The molecule has 8 heteroatoms. The van der Waals surface area contributed by atoms with Crippen molar-refractivity contribution < 1.29 is 13.9 Å². The molecule has 25 heavy (non-hydrogen) atoms. The van der Waals surface area contributed by atoms with Gasteiger partial charge in [0.2, 0.25) is 0 Å². The van der Waals surface area contributed by atoms with Crippen molar-refractivity contribution in [3.05, 3.63) is 46.9 Å². The molecule has 1 unspecified atom stereocenters. The Morgan fingerprint density at radius 2 is 2.36 bits per heavy atom. The van der Waals surface area contributed by atoms with Crippen LogP contribution in [-0.2, 0) is 11.2 Å². The van der Waals surface area contributed by atoms with Crippen LogP contribution < -0.4 is 10.6 Å². The number of rotatable bonds is 6. The Balaban J connectivity index is 1.98. The maximum atomic E-state index is 11.2. The van der Waals surface area contributed by atoms with E-state index in [-0.39, 0.29) is 5.11 Å². The maximum absolute atomic E-state index is 11.2. The van der Waals surface area contributed by atoms with Gasteiger partial charge in [0.05, 0.1) is 24.8 Å². The molecule has 0 saturated heterocycles. The van der Waals surface area contributed by atoms with Crippen molar-refractivity contribution in [2.75, 3.05) is 7.11 Å². The molecular weight excluding hydrogens is 358 g/mol. The maximum Gasteiger partial charge on any atom is 0.413 e. The molecule has 0 aliphatic heterocycles. The topological polar surface area (TPSA) is 87.4 Å². The summed E-state index contributed by atoms with van der Waals surface area (Å²) < 4.78 is 9.93. The SMILES string of the molecule is CCC(Cc1ccco1)SC1=CCC(=N)C(NC(=S)NC(=O)OC)=C1. The van der Waals surface area contributed by atoms with Crippen molar-refractivity contribution in [1.82, 2.24) is 10.6 Å². The first-order valence-corrected chi connectivity index (χ1v) is 9.15. The number of hydrogen-bond acceptors (Lipinski definition) is 6. The molecule has 1 aromatic rings. The molecule has 0 bridgehead atoms. The van der Waals surface area contributed by atoms with Crippen LogP contribution in [0.3, 0.4) is 0 Å². The number of hydrogen-bond donors (Lipinski definition) is 3. The molecule has 1 aliphatic carbocycles. The van der Waals surface area contributed by atoms with E-state index in [0.29, 0.717) is 23.1 Å². The minimum Gasteiger partial charge on any atom is -0.469 e. The van der Waals surface area contributed by atoms with Gasteiger partial charge >= 0.3 is 6.09 Å². The molecule has 0 radical (unpaired) electrons. The fraction of sp³-hybridized carbons (Fsp3) is 0.353. The van der Waals surface area contributed by atoms with Gasteiger partial charge < -0.3 is 19.9 Å². The van der Waals surface area contributed by atoms with E-state index in [4.69, 9.17) is 22.0 Å². The second-order valence-corrected chi connectivity index (χ2v) is 7.13. The first-order chi connectivity index (χ1) is 12.0. The zero-order chi connectivity index (χ0) is 18.2. The van der Waals surface area contributed by atoms with E-state index in [1.165, 1.54) is 7.11 Å². The fourth-order valence-corrected chi connectivity index (χ4v) is 3.56. The van der Waals surface area contributed by atoms with Gasteiger partial charge in [-0.05, 0) is 36.8 Å². The van der Waals surface area contributed by atoms with Gasteiger partial charge in [-0.1, -0.05) is 13.0 Å². The second-order valence-electron chi connectivity index (χ2n) is 5.35. The summed E-state index contributed by atoms with van der Waals surface area (Å²) in [5.74, 6) is 0.967. The number of methoxy groups -OCH3 is 1. The standard InChI is InChI=1S/C17H21N3O3S2/c1-3-12(9-11-5-4-8-23-11)25-13-6-7-14(18)15(10-13)19-16(24)20-17(21)22-2/h4-6,8,10,12,18H,3,7,9H2,1-2H3,(H2,19,20,21,24). The fourth-order valence-electron chi connectivity index (χ4n) is 2.21. The number of ether oxygens (including phenoxy) is 1. The average molecular weight is 380 g/mol. The lowest BCUT2D eigenvalue weighted by molar-refractivity contribution is 0.177. The molecule has 2 rings (SSSR count). The van der Waals surface area contributed by atoms with Gasteiger partial charge in [-0.3, -0.25) is 5.32 Å². The molecular formula is C17H21N3O3S2. The first-order valence-electron chi connectivity index (χ1n) is 7.86. The van der Waals surface area contributed by atoms with Gasteiger partial charge in [0.1, 0.15) is 5.76 Å². The van der Waals surface area contributed by atoms with Gasteiger partial charge in [-0.2, -0.15) is 0 Å². The van der Waals surface area contributed by atoms with Crippen LogP contribution in [0.2, 0.25) is 0 Å². The van der Waals surface area contributed by atoms with Crippen LogP contribution >= 0.6 is 24.0 Å². The normalized spacial score (nSPS) is 15.0. The minimum atomic E-state index is -0.643. The molecule has 0 spiro atoms. The summed E-state index contributed by atoms with van der Waals surface area (Å²) in [6.07, 6.45) is 7.31. The molecule has 1 amide bonds. The van der Waals surface area contributed by atoms with E-state index in [9.17, 15) is 4.79 Å². The van der Waals surface area contributed by atoms with E-state index in [2.05, 4.69) is 22.3 Å². The Bertz CT molecular complexity index is 696. The smallest absolute Gasteiger partial charge is 0.413 e. The Kier molecular flexibility index (Phi) is 7.27. The highest BCUT2D eigenvalue weighted by atomic mass is 32.2. The molecule has 1 atom stereocenters. The molecule has 134 valence electrons. The Morgan fingerprint density at radius 1 is 1.56 bits per heavy atom. The molecule has 1 aliphatic rings. The number of nitrogens with one attached hydrogen (secondary N) is 3. The summed E-state index contributed by atoms with van der Waals surface area (Å²) in [7, 11) is 1.27. The largest absolute Gasteiger partial charge is 0.469 e. The number of amides is 1. The lowest BCUT2D eigenvalue weighted by atomic mass is 10.1. The van der Waals surface area contributed by atoms with Gasteiger partial charge in [-0.15, -0.1) is 11.8 Å². The minimum absolute atomic E-state index is 0.108. The van der Waals surface area contributed by atoms with Gasteiger partial charge in [0.25, 0.3) is 0 Å². The third-order valence-corrected chi connectivity index (χ3v) is 5.13. The van der Waals surface area contributed by atoms with Crippen molar-refractivity contribution in [3.8, 4) is 0 Å². The molecule has 0 fully saturated rings. The third kappa shape index (κ3) is 6.06. The van der Waals surface area contributed by atoms with Crippen LogP contribution in [0.25, 0.3) is 0 Å². The van der Waals surface area contributed by atoms with E-state index >= 15 is 0 Å². The zero-order valence-electron chi connectivity index (χ0n) is 14.1. The van der Waals surface area contributed by atoms with Crippen LogP contribution in [0.1, 0.15) is 25.5 Å². The number of allylic oxidation sites excluding steroid dienone is 3. The van der Waals surface area contributed by atoms with Crippen LogP contribution in [-0.4, -0.2) is 29.3 Å². The number of alkyl carbamates (subject to hydrolysis) is 1. The summed E-state index contributed by atoms with van der Waals surface area (Å²) in [6.45, 7) is 2.14. The van der Waals surface area contributed by atoms with E-state index in [0.717, 1.165) is 23.5 Å². The van der Waals surface area contributed by atoms with Gasteiger partial charge in [0, 0.05) is 23.0 Å². The lowest BCUT2D eigenvalue weighted by Crippen LogP contribution is -2.40. The van der Waals surface area contributed by atoms with Crippen LogP contribution in [0.4, 0.5) is 4.79 Å². The Labute approximate surface area is 156 Å². The Hall–Kier alpha value is -2.06. The Morgan fingerprint density at radius 3 is 3.00 bits per heavy atom. The average Bonchev–Trinajstić information content (AvgIpc) is 3.10. The first kappa shape index (κ1) is 19.3. The predicted octanol–water partition coefficient (Wildman–Crippen LogP) is 3.76. The predicted molar refractivity (Wildman–Crippen MR) is 104 cm³/mol. The van der Waals surface area contributed by atoms with E-state index < -0.39 is 6.09 Å². The third-order valence-electron chi connectivity index (χ3n) is 3.54. The molecule has 0 saturated carbocycles. The summed E-state index contributed by atoms with van der Waals surface area (Å²) in [6, 6.07) is 3.87. The van der Waals surface area contributed by atoms with Crippen molar-refractivity contribution in [2.45, 2.75) is 31.4 Å². The van der Waals surface area contributed by atoms with E-state index in [1.807, 2.05) is 24.3 Å². The molecule has 1 aromatic heterocycles. The summed E-state index contributed by atoms with van der Waals surface area (Å²) in [4.78, 5) is 12.3. The van der Waals surface area contributed by atoms with Crippen molar-refractivity contribution in [1.29, 1.82) is 5.41 Å². The molecule has 0 aromatic carbocycles. The van der Waals surface area contributed by atoms with Crippen LogP contribution in [0, 0.1) is 5.41 Å². The molecule has 1 heterocycles. The number of furan rings is 1. The van der Waals surface area contributed by atoms with Crippen LogP contribution in [0.5, 0.6) is 0 Å². The number of carbonyl (C=O) groups is 1. The number of thioether (sulfide) groups is 1. The highest BCUT2D eigenvalue weighted by Gasteiger charge is 2.17. The number of carbonyl (C=O) groups excluding carboxylic acids is 1. The highest BCUT2D eigenvalue weighted by Crippen LogP contribution is 2.31.